The van der Waals surface area contributed by atoms with E-state index in [9.17, 15) is 24.9 Å². The van der Waals surface area contributed by atoms with Gasteiger partial charge in [0.15, 0.2) is 0 Å². The number of aldehydes is 1. The molecule has 0 unspecified atom stereocenters. The van der Waals surface area contributed by atoms with Crippen molar-refractivity contribution >= 4 is 18.1 Å². The van der Waals surface area contributed by atoms with Crippen LogP contribution in [-0.2, 0) is 19.0 Å². The van der Waals surface area contributed by atoms with Gasteiger partial charge >= 0.3 is 6.09 Å². The van der Waals surface area contributed by atoms with E-state index in [2.05, 4.69) is 12.7 Å². The van der Waals surface area contributed by atoms with Crippen molar-refractivity contribution in [2.24, 2.45) is 22.9 Å². The van der Waals surface area contributed by atoms with Crippen LogP contribution in [0.1, 0.15) is 80.6 Å². The number of allylic oxidation sites excluding steroid dienone is 1. The lowest BCUT2D eigenvalue weighted by Gasteiger charge is -2.59. The predicted molar refractivity (Wildman–Crippen MR) is 210 cm³/mol. The van der Waals surface area contributed by atoms with Gasteiger partial charge in [0.1, 0.15) is 36.2 Å². The van der Waals surface area contributed by atoms with E-state index in [-0.39, 0.29) is 77.0 Å². The quantitative estimate of drug-likeness (QED) is 0.0494. The number of hydrogen-bond donors (Lipinski definition) is 3. The van der Waals surface area contributed by atoms with Crippen LogP contribution < -0.4 is 9.47 Å². The van der Waals surface area contributed by atoms with Gasteiger partial charge in [-0.1, -0.05) is 42.3 Å². The van der Waals surface area contributed by atoms with E-state index in [4.69, 9.17) is 33.7 Å². The fourth-order valence-corrected chi connectivity index (χ4v) is 8.55. The van der Waals surface area contributed by atoms with Crippen molar-refractivity contribution in [1.82, 2.24) is 4.90 Å². The van der Waals surface area contributed by atoms with Crippen LogP contribution in [0, 0.1) is 17.8 Å². The summed E-state index contributed by atoms with van der Waals surface area (Å²) in [5.41, 5.74) is 2.97. The Kier molecular flexibility index (Phi) is 16.3. The van der Waals surface area contributed by atoms with Gasteiger partial charge in [-0.3, -0.25) is 9.69 Å². The third-order valence-corrected chi connectivity index (χ3v) is 10.8. The van der Waals surface area contributed by atoms with Gasteiger partial charge in [0.25, 0.3) is 0 Å². The number of amides is 1. The number of unbranched alkanes of at least 4 members (excludes halogenated alkanes) is 2. The summed E-state index contributed by atoms with van der Waals surface area (Å²) in [6, 6.07) is 11.9. The molecule has 0 radical (unpaired) electrons. The first-order valence-corrected chi connectivity index (χ1v) is 19.9. The van der Waals surface area contributed by atoms with Crippen LogP contribution >= 0.6 is 0 Å². The van der Waals surface area contributed by atoms with Crippen LogP contribution in [0.25, 0.3) is 0 Å². The average Bonchev–Trinajstić information content (AvgIpc) is 3.21. The molecule has 0 saturated heterocycles. The van der Waals surface area contributed by atoms with Crippen molar-refractivity contribution in [3.63, 3.8) is 0 Å². The lowest BCUT2D eigenvalue weighted by atomic mass is 9.55. The summed E-state index contributed by atoms with van der Waals surface area (Å²) in [6.45, 7) is 8.52. The molecule has 1 amide bonds. The SMILES string of the molecule is C=CCO[C@@]12Oc3ccc(Oc4cccc(C=O)c4)cc3[C@H]3[C@H](CCCCO)[C@@H](CCCCO)C=C(C(=NOCC)C[C@@H]1N(CCOCCO)C(=O)OCC)[C@H]32. The standard InChI is InChI=1S/C43H58N2O11/c1-4-22-53-43-39(45(42(50)52-5-2)18-23-51-24-21-48)28-37(44-54-6-3)35-26-31(13-7-9-19-46)34(15-8-10-20-47)40(41(35)43)36-27-33(16-17-38(36)56-43)55-32-14-11-12-30(25-32)29-49/h4,11-12,14,16-17,25-27,29,31,34,39-41,46-48H,1,5-10,13,15,18-24,28H2,2-3H3/t31-,34+,39-,40+,41+,43+/m0/s1. The molecular formula is C43H58N2O11. The Bertz CT molecular complexity index is 1660. The molecule has 2 aromatic carbocycles. The number of aliphatic hydroxyl groups excluding tert-OH is 3. The summed E-state index contributed by atoms with van der Waals surface area (Å²) in [6.07, 6.45) is 8.83. The Hall–Kier alpha value is -4.27. The fraction of sp³-hybridized carbons (Fsp3) is 0.558. The van der Waals surface area contributed by atoms with Crippen molar-refractivity contribution < 1.29 is 53.4 Å². The number of aliphatic hydroxyl groups is 3. The van der Waals surface area contributed by atoms with E-state index in [0.29, 0.717) is 48.0 Å². The highest BCUT2D eigenvalue weighted by atomic mass is 16.7. The summed E-state index contributed by atoms with van der Waals surface area (Å²) < 4.78 is 31.8. The number of hydrogen-bond acceptors (Lipinski definition) is 12. The Morgan fingerprint density at radius 1 is 1.00 bits per heavy atom. The summed E-state index contributed by atoms with van der Waals surface area (Å²) >= 11 is 0. The minimum Gasteiger partial charge on any atom is -0.459 e. The highest BCUT2D eigenvalue weighted by Crippen LogP contribution is 2.62. The lowest BCUT2D eigenvalue weighted by molar-refractivity contribution is -0.256. The first kappa shape index (κ1) is 42.9. The maximum Gasteiger partial charge on any atom is 0.410 e. The van der Waals surface area contributed by atoms with Gasteiger partial charge in [0.2, 0.25) is 5.79 Å². The largest absolute Gasteiger partial charge is 0.459 e. The number of carbonyl (C=O) groups is 2. The summed E-state index contributed by atoms with van der Waals surface area (Å²) in [4.78, 5) is 33.0. The average molecular weight is 779 g/mol. The molecule has 2 aromatic rings. The first-order chi connectivity index (χ1) is 27.4. The van der Waals surface area contributed by atoms with E-state index in [1.165, 1.54) is 0 Å². The molecule has 1 fully saturated rings. The molecule has 56 heavy (non-hydrogen) atoms. The van der Waals surface area contributed by atoms with Crippen LogP contribution in [0.2, 0.25) is 0 Å². The molecule has 6 atom stereocenters. The zero-order valence-electron chi connectivity index (χ0n) is 32.7. The second kappa shape index (κ2) is 21.3. The van der Waals surface area contributed by atoms with Crippen molar-refractivity contribution in [2.75, 3.05) is 59.4 Å². The van der Waals surface area contributed by atoms with Gasteiger partial charge in [0, 0.05) is 43.2 Å². The zero-order valence-corrected chi connectivity index (χ0v) is 32.7. The molecule has 0 spiro atoms. The van der Waals surface area contributed by atoms with Crippen molar-refractivity contribution in [2.45, 2.75) is 76.5 Å². The minimum atomic E-state index is -1.46. The number of oxime groups is 1. The number of carbonyl (C=O) groups excluding carboxylic acids is 2. The van der Waals surface area contributed by atoms with Gasteiger partial charge in [0.05, 0.1) is 44.7 Å². The van der Waals surface area contributed by atoms with E-state index in [1.54, 1.807) is 42.2 Å². The second-order valence-electron chi connectivity index (χ2n) is 14.2. The molecule has 1 heterocycles. The summed E-state index contributed by atoms with van der Waals surface area (Å²) in [5, 5.41) is 33.8. The van der Waals surface area contributed by atoms with Crippen LogP contribution in [0.4, 0.5) is 4.79 Å². The molecular weight excluding hydrogens is 720 g/mol. The Morgan fingerprint density at radius 2 is 1.79 bits per heavy atom. The van der Waals surface area contributed by atoms with Gasteiger partial charge < -0.3 is 43.8 Å². The molecule has 0 aromatic heterocycles. The number of rotatable bonds is 23. The molecule has 3 aliphatic rings. The molecule has 0 bridgehead atoms. The van der Waals surface area contributed by atoms with Gasteiger partial charge in [-0.05, 0) is 87.3 Å². The van der Waals surface area contributed by atoms with Crippen molar-refractivity contribution in [3.05, 3.63) is 77.9 Å². The van der Waals surface area contributed by atoms with Crippen LogP contribution in [0.3, 0.4) is 0 Å². The third-order valence-electron chi connectivity index (χ3n) is 10.8. The third kappa shape index (κ3) is 9.81. The molecule has 306 valence electrons. The van der Waals surface area contributed by atoms with E-state index in [1.807, 2.05) is 25.1 Å². The van der Waals surface area contributed by atoms with Crippen molar-refractivity contribution in [3.8, 4) is 17.2 Å². The van der Waals surface area contributed by atoms with E-state index < -0.39 is 23.8 Å². The zero-order chi connectivity index (χ0) is 39.9. The van der Waals surface area contributed by atoms with E-state index in [0.717, 1.165) is 43.1 Å². The Labute approximate surface area is 329 Å². The fourth-order valence-electron chi connectivity index (χ4n) is 8.55. The maximum absolute atomic E-state index is 14.0. The van der Waals surface area contributed by atoms with Gasteiger partial charge in [-0.15, -0.1) is 6.58 Å². The van der Waals surface area contributed by atoms with Crippen LogP contribution in [0.5, 0.6) is 17.2 Å². The Balaban J connectivity index is 1.76. The highest BCUT2D eigenvalue weighted by molar-refractivity contribution is 6.03. The number of nitrogens with zero attached hydrogens (tertiary/aromatic N) is 2. The van der Waals surface area contributed by atoms with Crippen LogP contribution in [-0.4, -0.2) is 110 Å². The monoisotopic (exact) mass is 778 g/mol. The second-order valence-corrected chi connectivity index (χ2v) is 14.2. The summed E-state index contributed by atoms with van der Waals surface area (Å²) in [7, 11) is 0. The Morgan fingerprint density at radius 3 is 2.50 bits per heavy atom. The van der Waals surface area contributed by atoms with Gasteiger partial charge in [-0.2, -0.15) is 0 Å². The predicted octanol–water partition coefficient (Wildman–Crippen LogP) is 6.41. The molecule has 1 saturated carbocycles. The topological polar surface area (TPSA) is 166 Å². The minimum absolute atomic E-state index is 0.0213. The molecule has 13 nitrogen and oxygen atoms in total. The smallest absolute Gasteiger partial charge is 0.410 e. The maximum atomic E-state index is 14.0. The highest BCUT2D eigenvalue weighted by Gasteiger charge is 2.65. The van der Waals surface area contributed by atoms with Gasteiger partial charge in [-0.25, -0.2) is 4.79 Å². The molecule has 13 heteroatoms. The molecule has 2 aliphatic carbocycles. The first-order valence-electron chi connectivity index (χ1n) is 19.9. The number of ether oxygens (including phenoxy) is 5. The van der Waals surface area contributed by atoms with Crippen molar-refractivity contribution in [1.29, 1.82) is 0 Å². The number of benzene rings is 2. The van der Waals surface area contributed by atoms with Crippen LogP contribution in [0.15, 0.2) is 71.9 Å². The molecule has 5 rings (SSSR count). The normalized spacial score (nSPS) is 24.3. The van der Waals surface area contributed by atoms with E-state index >= 15 is 0 Å². The summed E-state index contributed by atoms with van der Waals surface area (Å²) in [5.74, 6) is -0.501. The number of fused-ring (bicyclic) bond motifs is 2. The molecule has 1 aliphatic heterocycles. The lowest BCUT2D eigenvalue weighted by Crippen LogP contribution is -2.70. The molecule has 3 N–H and O–H groups in total.